The minimum atomic E-state index is -3.55. The molecular weight excluding hydrogens is 306 g/mol. The first-order chi connectivity index (χ1) is 10.1. The highest BCUT2D eigenvalue weighted by molar-refractivity contribution is 7.99. The van der Waals surface area contributed by atoms with Crippen LogP contribution in [0.3, 0.4) is 0 Å². The maximum absolute atomic E-state index is 12.2. The van der Waals surface area contributed by atoms with Crippen LogP contribution in [-0.4, -0.2) is 27.8 Å². The van der Waals surface area contributed by atoms with E-state index >= 15 is 0 Å². The normalized spacial score (nSPS) is 11.3. The highest BCUT2D eigenvalue weighted by Gasteiger charge is 2.17. The molecule has 0 radical (unpaired) electrons. The maximum atomic E-state index is 12.2. The van der Waals surface area contributed by atoms with Crippen molar-refractivity contribution in [3.05, 3.63) is 54.6 Å². The molecule has 0 aliphatic carbocycles. The van der Waals surface area contributed by atoms with Crippen molar-refractivity contribution >= 4 is 21.8 Å². The Labute approximate surface area is 129 Å². The molecule has 0 aliphatic rings. The van der Waals surface area contributed by atoms with Crippen molar-refractivity contribution < 1.29 is 13.2 Å². The van der Waals surface area contributed by atoms with Gasteiger partial charge in [0.1, 0.15) is 10.6 Å². The van der Waals surface area contributed by atoms with Gasteiger partial charge in [0.15, 0.2) is 0 Å². The molecule has 0 spiro atoms. The van der Waals surface area contributed by atoms with E-state index in [0.717, 1.165) is 4.90 Å². The number of sulfonamides is 1. The zero-order chi connectivity index (χ0) is 15.1. The van der Waals surface area contributed by atoms with Gasteiger partial charge in [-0.15, -0.1) is 11.8 Å². The largest absolute Gasteiger partial charge is 0.495 e. The summed E-state index contributed by atoms with van der Waals surface area (Å²) in [7, 11) is -2.09. The fraction of sp³-hybridized carbons (Fsp3) is 0.200. The molecule has 0 saturated heterocycles. The fourth-order valence-corrected chi connectivity index (χ4v) is 3.90. The van der Waals surface area contributed by atoms with Crippen LogP contribution < -0.4 is 9.46 Å². The molecule has 1 N–H and O–H groups in total. The lowest BCUT2D eigenvalue weighted by Gasteiger charge is -2.10. The van der Waals surface area contributed by atoms with E-state index in [-0.39, 0.29) is 4.90 Å². The number of rotatable bonds is 7. The van der Waals surface area contributed by atoms with Gasteiger partial charge >= 0.3 is 0 Å². The molecule has 0 amide bonds. The Morgan fingerprint density at radius 2 is 1.71 bits per heavy atom. The minimum absolute atomic E-state index is 0.164. The second-order valence-electron chi connectivity index (χ2n) is 4.21. The summed E-state index contributed by atoms with van der Waals surface area (Å²) >= 11 is 1.61. The van der Waals surface area contributed by atoms with Crippen LogP contribution in [0, 0.1) is 0 Å². The van der Waals surface area contributed by atoms with Crippen LogP contribution in [-0.2, 0) is 10.0 Å². The smallest absolute Gasteiger partial charge is 0.244 e. The molecule has 0 fully saturated rings. The fourth-order valence-electron chi connectivity index (χ4n) is 1.78. The van der Waals surface area contributed by atoms with Crippen molar-refractivity contribution in [3.63, 3.8) is 0 Å². The standard InChI is InChI=1S/C15H17NO3S2/c1-19-14-9-5-6-10-15(14)21(17,18)16-11-12-20-13-7-3-2-4-8-13/h2-10,16H,11-12H2,1H3. The number of hydrogen-bond donors (Lipinski definition) is 1. The van der Waals surface area contributed by atoms with Gasteiger partial charge in [0.2, 0.25) is 10.0 Å². The lowest BCUT2D eigenvalue weighted by molar-refractivity contribution is 0.402. The van der Waals surface area contributed by atoms with Crippen LogP contribution in [0.25, 0.3) is 0 Å². The molecule has 6 heteroatoms. The number of nitrogens with one attached hydrogen (secondary N) is 1. The van der Waals surface area contributed by atoms with Crippen molar-refractivity contribution in [2.24, 2.45) is 0 Å². The Bertz CT molecular complexity index is 672. The third-order valence-electron chi connectivity index (χ3n) is 2.76. The molecule has 0 aliphatic heterocycles. The van der Waals surface area contributed by atoms with Gasteiger partial charge in [0, 0.05) is 17.2 Å². The van der Waals surface area contributed by atoms with E-state index in [4.69, 9.17) is 4.74 Å². The van der Waals surface area contributed by atoms with Crippen LogP contribution in [0.5, 0.6) is 5.75 Å². The quantitative estimate of drug-likeness (QED) is 0.629. The van der Waals surface area contributed by atoms with Gasteiger partial charge in [-0.25, -0.2) is 13.1 Å². The molecule has 0 atom stereocenters. The number of thioether (sulfide) groups is 1. The lowest BCUT2D eigenvalue weighted by Crippen LogP contribution is -2.26. The molecule has 0 unspecified atom stereocenters. The zero-order valence-electron chi connectivity index (χ0n) is 11.7. The number of hydrogen-bond acceptors (Lipinski definition) is 4. The van der Waals surface area contributed by atoms with Crippen molar-refractivity contribution in [2.75, 3.05) is 19.4 Å². The summed E-state index contributed by atoms with van der Waals surface area (Å²) in [5.74, 6) is 1.01. The van der Waals surface area contributed by atoms with Crippen LogP contribution in [0.15, 0.2) is 64.4 Å². The first-order valence-corrected chi connectivity index (χ1v) is 8.91. The van der Waals surface area contributed by atoms with Gasteiger partial charge in [0.05, 0.1) is 7.11 Å². The predicted octanol–water partition coefficient (Wildman–Crippen LogP) is 2.77. The van der Waals surface area contributed by atoms with Crippen LogP contribution in [0.1, 0.15) is 0 Å². The number of benzene rings is 2. The van der Waals surface area contributed by atoms with Crippen LogP contribution >= 0.6 is 11.8 Å². The molecular formula is C15H17NO3S2. The Hall–Kier alpha value is -1.50. The van der Waals surface area contributed by atoms with Crippen molar-refractivity contribution in [3.8, 4) is 5.75 Å². The topological polar surface area (TPSA) is 55.4 Å². The monoisotopic (exact) mass is 323 g/mol. The highest BCUT2D eigenvalue weighted by atomic mass is 32.2. The number of methoxy groups -OCH3 is 1. The van der Waals surface area contributed by atoms with Crippen LogP contribution in [0.4, 0.5) is 0 Å². The van der Waals surface area contributed by atoms with Crippen molar-refractivity contribution in [2.45, 2.75) is 9.79 Å². The Balaban J connectivity index is 1.93. The third-order valence-corrected chi connectivity index (χ3v) is 5.28. The predicted molar refractivity (Wildman–Crippen MR) is 85.3 cm³/mol. The van der Waals surface area contributed by atoms with E-state index in [1.54, 1.807) is 30.0 Å². The summed E-state index contributed by atoms with van der Waals surface area (Å²) in [5.41, 5.74) is 0. The van der Waals surface area contributed by atoms with Gasteiger partial charge in [-0.1, -0.05) is 30.3 Å². The Morgan fingerprint density at radius 1 is 1.05 bits per heavy atom. The summed E-state index contributed by atoms with van der Waals surface area (Å²) in [6, 6.07) is 16.5. The van der Waals surface area contributed by atoms with Crippen molar-refractivity contribution in [1.29, 1.82) is 0 Å². The molecule has 4 nitrogen and oxygen atoms in total. The molecule has 112 valence electrons. The van der Waals surface area contributed by atoms with Crippen LogP contribution in [0.2, 0.25) is 0 Å². The zero-order valence-corrected chi connectivity index (χ0v) is 13.3. The summed E-state index contributed by atoms with van der Waals surface area (Å²) in [4.78, 5) is 1.28. The van der Waals surface area contributed by atoms with Crippen molar-refractivity contribution in [1.82, 2.24) is 4.72 Å². The first-order valence-electron chi connectivity index (χ1n) is 6.44. The van der Waals surface area contributed by atoms with E-state index in [9.17, 15) is 8.42 Å². The first kappa shape index (κ1) is 15.9. The second-order valence-corrected chi connectivity index (χ2v) is 7.11. The SMILES string of the molecule is COc1ccccc1S(=O)(=O)NCCSc1ccccc1. The van der Waals surface area contributed by atoms with Gasteiger partial charge in [-0.05, 0) is 24.3 Å². The molecule has 0 aromatic heterocycles. The molecule has 0 heterocycles. The van der Waals surface area contributed by atoms with Gasteiger partial charge < -0.3 is 4.74 Å². The number of para-hydroxylation sites is 1. The molecule has 21 heavy (non-hydrogen) atoms. The second kappa shape index (κ2) is 7.49. The van der Waals surface area contributed by atoms with Gasteiger partial charge in [-0.3, -0.25) is 0 Å². The molecule has 0 saturated carbocycles. The van der Waals surface area contributed by atoms with E-state index in [1.807, 2.05) is 30.3 Å². The summed E-state index contributed by atoms with van der Waals surface area (Å²) in [6.07, 6.45) is 0. The summed E-state index contributed by atoms with van der Waals surface area (Å²) < 4.78 is 32.1. The number of ether oxygens (including phenoxy) is 1. The average Bonchev–Trinajstić information content (AvgIpc) is 2.52. The molecule has 0 bridgehead atoms. The minimum Gasteiger partial charge on any atom is -0.495 e. The molecule has 2 rings (SSSR count). The maximum Gasteiger partial charge on any atom is 0.244 e. The van der Waals surface area contributed by atoms with Gasteiger partial charge in [-0.2, -0.15) is 0 Å². The Kier molecular flexibility index (Phi) is 5.67. The molecule has 2 aromatic rings. The van der Waals surface area contributed by atoms with E-state index in [0.29, 0.717) is 18.0 Å². The summed E-state index contributed by atoms with van der Waals surface area (Å²) in [6.45, 7) is 0.361. The van der Waals surface area contributed by atoms with E-state index in [2.05, 4.69) is 4.72 Å². The van der Waals surface area contributed by atoms with Gasteiger partial charge in [0.25, 0.3) is 0 Å². The van der Waals surface area contributed by atoms with E-state index < -0.39 is 10.0 Å². The highest BCUT2D eigenvalue weighted by Crippen LogP contribution is 2.22. The molecule has 2 aromatic carbocycles. The average molecular weight is 323 g/mol. The summed E-state index contributed by atoms with van der Waals surface area (Å²) in [5, 5.41) is 0. The lowest BCUT2D eigenvalue weighted by atomic mass is 10.3. The Morgan fingerprint density at radius 3 is 2.43 bits per heavy atom. The third kappa shape index (κ3) is 4.49. The van der Waals surface area contributed by atoms with E-state index in [1.165, 1.54) is 13.2 Å².